The molecule has 0 unspecified atom stereocenters. The first-order chi connectivity index (χ1) is 8.66. The zero-order valence-corrected chi connectivity index (χ0v) is 11.7. The zero-order chi connectivity index (χ0) is 13.0. The van der Waals surface area contributed by atoms with Crippen LogP contribution in [-0.4, -0.2) is 5.71 Å². The van der Waals surface area contributed by atoms with E-state index in [9.17, 15) is 0 Å². The molecule has 0 bridgehead atoms. The molecule has 0 heterocycles. The molecule has 0 aromatic heterocycles. The van der Waals surface area contributed by atoms with Crippen molar-refractivity contribution in [2.45, 2.75) is 40.2 Å². The van der Waals surface area contributed by atoms with Crippen LogP contribution >= 0.6 is 0 Å². The highest BCUT2D eigenvalue weighted by Crippen LogP contribution is 2.27. The number of allylic oxidation sites excluding steroid dienone is 2. The highest BCUT2D eigenvalue weighted by atomic mass is 14.7. The first-order valence-electron chi connectivity index (χ1n) is 6.91. The Balaban J connectivity index is 2.07. The third-order valence-corrected chi connectivity index (χ3v) is 3.88. The van der Waals surface area contributed by atoms with Crippen LogP contribution in [-0.2, 0) is 6.54 Å². The molecule has 0 N–H and O–H groups in total. The number of aliphatic imine (C=N–C) groups is 1. The van der Waals surface area contributed by atoms with E-state index in [0.717, 1.165) is 24.8 Å². The van der Waals surface area contributed by atoms with Gasteiger partial charge in [0.15, 0.2) is 0 Å². The second-order valence-corrected chi connectivity index (χ2v) is 5.58. The predicted molar refractivity (Wildman–Crippen MR) is 78.9 cm³/mol. The molecule has 1 atom stereocenters. The van der Waals surface area contributed by atoms with Gasteiger partial charge in [-0.3, -0.25) is 4.99 Å². The molecule has 1 aliphatic carbocycles. The number of hydrogen-bond donors (Lipinski definition) is 0. The van der Waals surface area contributed by atoms with Crippen molar-refractivity contribution in [1.29, 1.82) is 0 Å². The smallest absolute Gasteiger partial charge is 0.0643 e. The van der Waals surface area contributed by atoms with Gasteiger partial charge < -0.3 is 0 Å². The van der Waals surface area contributed by atoms with Gasteiger partial charge in [-0.15, -0.1) is 0 Å². The van der Waals surface area contributed by atoms with Gasteiger partial charge in [0.25, 0.3) is 0 Å². The van der Waals surface area contributed by atoms with E-state index in [-0.39, 0.29) is 0 Å². The summed E-state index contributed by atoms with van der Waals surface area (Å²) in [5, 5.41) is 0. The Morgan fingerprint density at radius 2 is 1.94 bits per heavy atom. The zero-order valence-electron chi connectivity index (χ0n) is 11.7. The molecule has 0 aliphatic heterocycles. The van der Waals surface area contributed by atoms with Crippen LogP contribution in [0, 0.1) is 11.8 Å². The second-order valence-electron chi connectivity index (χ2n) is 5.58. The minimum absolute atomic E-state index is 0.747. The lowest BCUT2D eigenvalue weighted by atomic mass is 9.81. The lowest BCUT2D eigenvalue weighted by Crippen LogP contribution is -2.19. The minimum atomic E-state index is 0.747. The molecule has 0 spiro atoms. The molecule has 96 valence electrons. The van der Waals surface area contributed by atoms with E-state index in [2.05, 4.69) is 57.2 Å². The fourth-order valence-corrected chi connectivity index (χ4v) is 2.41. The predicted octanol–water partition coefficient (Wildman–Crippen LogP) is 4.64. The van der Waals surface area contributed by atoms with Crippen molar-refractivity contribution in [2.24, 2.45) is 16.8 Å². The molecule has 1 aliphatic rings. The maximum Gasteiger partial charge on any atom is 0.0643 e. The van der Waals surface area contributed by atoms with Crippen molar-refractivity contribution in [3.05, 3.63) is 47.5 Å². The third-order valence-electron chi connectivity index (χ3n) is 3.88. The summed E-state index contributed by atoms with van der Waals surface area (Å²) in [6.45, 7) is 7.63. The average molecular weight is 241 g/mol. The van der Waals surface area contributed by atoms with Gasteiger partial charge in [-0.2, -0.15) is 0 Å². The quantitative estimate of drug-likeness (QED) is 0.731. The maximum atomic E-state index is 4.82. The van der Waals surface area contributed by atoms with E-state index in [1.165, 1.54) is 23.3 Å². The topological polar surface area (TPSA) is 12.4 Å². The maximum absolute atomic E-state index is 4.82. The van der Waals surface area contributed by atoms with Crippen LogP contribution in [0.1, 0.15) is 39.2 Å². The Hall–Kier alpha value is -1.37. The largest absolute Gasteiger partial charge is 0.285 e. The fraction of sp³-hybridized carbons (Fsp3) is 0.471. The van der Waals surface area contributed by atoms with Gasteiger partial charge in [-0.05, 0) is 42.7 Å². The SMILES string of the molecule is CC1=CC[C@H](C(C)C)CC1=NCc1ccccc1. The van der Waals surface area contributed by atoms with E-state index >= 15 is 0 Å². The van der Waals surface area contributed by atoms with Gasteiger partial charge in [-0.25, -0.2) is 0 Å². The van der Waals surface area contributed by atoms with Crippen molar-refractivity contribution < 1.29 is 0 Å². The Morgan fingerprint density at radius 3 is 2.61 bits per heavy atom. The summed E-state index contributed by atoms with van der Waals surface area (Å²) in [6, 6.07) is 10.5. The van der Waals surface area contributed by atoms with Gasteiger partial charge in [0, 0.05) is 5.71 Å². The standard InChI is InChI=1S/C17H23N/c1-13(2)16-10-9-14(3)17(11-16)18-12-15-7-5-4-6-8-15/h4-9,13,16H,10-12H2,1-3H3/t16-/m0/s1. The summed E-state index contributed by atoms with van der Waals surface area (Å²) in [7, 11) is 0. The van der Waals surface area contributed by atoms with E-state index in [1.54, 1.807) is 0 Å². The number of hydrogen-bond acceptors (Lipinski definition) is 1. The van der Waals surface area contributed by atoms with Crippen LogP contribution in [0.25, 0.3) is 0 Å². The second kappa shape index (κ2) is 5.99. The average Bonchev–Trinajstić information content (AvgIpc) is 2.38. The van der Waals surface area contributed by atoms with Crippen LogP contribution < -0.4 is 0 Å². The van der Waals surface area contributed by atoms with Crippen molar-refractivity contribution >= 4 is 5.71 Å². The Bertz CT molecular complexity index is 440. The lowest BCUT2D eigenvalue weighted by molar-refractivity contribution is 0.395. The van der Waals surface area contributed by atoms with E-state index in [1.807, 2.05) is 0 Å². The molecule has 2 rings (SSSR count). The van der Waals surface area contributed by atoms with Gasteiger partial charge in [0.05, 0.1) is 6.54 Å². The van der Waals surface area contributed by atoms with Gasteiger partial charge in [0.1, 0.15) is 0 Å². The normalized spacial score (nSPS) is 22.3. The van der Waals surface area contributed by atoms with E-state index < -0.39 is 0 Å². The molecule has 0 fully saturated rings. The van der Waals surface area contributed by atoms with Gasteiger partial charge in [0.2, 0.25) is 0 Å². The summed E-state index contributed by atoms with van der Waals surface area (Å²) in [6.07, 6.45) is 4.72. The molecule has 0 saturated carbocycles. The number of rotatable bonds is 3. The molecule has 0 amide bonds. The Kier molecular flexibility index (Phi) is 4.35. The van der Waals surface area contributed by atoms with Gasteiger partial charge >= 0.3 is 0 Å². The first kappa shape index (κ1) is 13.1. The molecule has 0 saturated heterocycles. The van der Waals surface area contributed by atoms with Crippen LogP contribution in [0.3, 0.4) is 0 Å². The summed E-state index contributed by atoms with van der Waals surface area (Å²) >= 11 is 0. The third kappa shape index (κ3) is 3.32. The fourth-order valence-electron chi connectivity index (χ4n) is 2.41. The molecule has 18 heavy (non-hydrogen) atoms. The highest BCUT2D eigenvalue weighted by molar-refractivity contribution is 6.00. The number of nitrogens with zero attached hydrogens (tertiary/aromatic N) is 1. The van der Waals surface area contributed by atoms with Crippen LogP contribution in [0.2, 0.25) is 0 Å². The number of benzene rings is 1. The summed E-state index contributed by atoms with van der Waals surface area (Å²) < 4.78 is 0. The van der Waals surface area contributed by atoms with E-state index in [4.69, 9.17) is 4.99 Å². The summed E-state index contributed by atoms with van der Waals surface area (Å²) in [5.41, 5.74) is 3.98. The highest BCUT2D eigenvalue weighted by Gasteiger charge is 2.20. The van der Waals surface area contributed by atoms with Crippen molar-refractivity contribution in [3.8, 4) is 0 Å². The Morgan fingerprint density at radius 1 is 1.22 bits per heavy atom. The van der Waals surface area contributed by atoms with E-state index in [0.29, 0.717) is 0 Å². The van der Waals surface area contributed by atoms with Gasteiger partial charge in [-0.1, -0.05) is 50.3 Å². The van der Waals surface area contributed by atoms with Crippen molar-refractivity contribution in [2.75, 3.05) is 0 Å². The summed E-state index contributed by atoms with van der Waals surface area (Å²) in [5.74, 6) is 1.51. The molecule has 1 aromatic rings. The lowest BCUT2D eigenvalue weighted by Gasteiger charge is -2.25. The van der Waals surface area contributed by atoms with Crippen molar-refractivity contribution in [1.82, 2.24) is 0 Å². The Labute approximate surface area is 111 Å². The van der Waals surface area contributed by atoms with Crippen LogP contribution in [0.5, 0.6) is 0 Å². The molecular formula is C17H23N. The molecule has 1 heteroatoms. The molecule has 1 nitrogen and oxygen atoms in total. The monoisotopic (exact) mass is 241 g/mol. The molecular weight excluding hydrogens is 218 g/mol. The molecule has 0 radical (unpaired) electrons. The van der Waals surface area contributed by atoms with Crippen LogP contribution in [0.15, 0.2) is 47.0 Å². The first-order valence-corrected chi connectivity index (χ1v) is 6.91. The minimum Gasteiger partial charge on any atom is -0.285 e. The van der Waals surface area contributed by atoms with Crippen molar-refractivity contribution in [3.63, 3.8) is 0 Å². The van der Waals surface area contributed by atoms with Crippen LogP contribution in [0.4, 0.5) is 0 Å². The summed E-state index contributed by atoms with van der Waals surface area (Å²) in [4.78, 5) is 4.82. The molecule has 1 aromatic carbocycles.